The lowest BCUT2D eigenvalue weighted by Crippen LogP contribution is -2.62. The maximum Gasteiger partial charge on any atom is 0.329 e. The zero-order chi connectivity index (χ0) is 37.8. The van der Waals surface area contributed by atoms with Crippen LogP contribution in [0.4, 0.5) is 5.69 Å². The third-order valence-corrected chi connectivity index (χ3v) is 9.58. The van der Waals surface area contributed by atoms with Crippen molar-refractivity contribution in [2.24, 2.45) is 5.41 Å². The van der Waals surface area contributed by atoms with Gasteiger partial charge in [0.15, 0.2) is 5.82 Å². The number of fused-ring (bicyclic) bond motifs is 2. The molecule has 4 aromatic rings. The number of carbonyl (C=O) groups excluding carboxylic acids is 2. The van der Waals surface area contributed by atoms with E-state index >= 15 is 0 Å². The van der Waals surface area contributed by atoms with Crippen LogP contribution in [-0.2, 0) is 20.8 Å². The number of aromatic nitrogens is 6. The van der Waals surface area contributed by atoms with Crippen LogP contribution in [-0.4, -0.2) is 76.6 Å². The number of carbonyl (C=O) groups is 4. The molecular weight excluding hydrogens is 670 g/mol. The van der Waals surface area contributed by atoms with E-state index in [2.05, 4.69) is 47.1 Å². The van der Waals surface area contributed by atoms with E-state index in [1.807, 2.05) is 17.0 Å². The predicted molar refractivity (Wildman–Crippen MR) is 189 cm³/mol. The average molecular weight is 712 g/mol. The number of aromatic amines is 2. The molecule has 272 valence electrons. The Morgan fingerprint density at radius 1 is 1.13 bits per heavy atom. The fraction of sp³-hybridized carbons (Fsp3) is 0.417. The summed E-state index contributed by atoms with van der Waals surface area (Å²) in [7, 11) is 0. The van der Waals surface area contributed by atoms with Gasteiger partial charge in [0.25, 0.3) is 11.5 Å². The Labute approximate surface area is 298 Å². The molecule has 52 heavy (non-hydrogen) atoms. The minimum absolute atomic E-state index is 0.0274. The van der Waals surface area contributed by atoms with E-state index in [-0.39, 0.29) is 55.2 Å². The molecule has 1 unspecified atom stereocenters. The summed E-state index contributed by atoms with van der Waals surface area (Å²) in [4.78, 5) is 73.9. The Morgan fingerprint density at radius 2 is 1.88 bits per heavy atom. The summed E-state index contributed by atoms with van der Waals surface area (Å²) in [6.45, 7) is 6.80. The average Bonchev–Trinajstić information content (AvgIpc) is 3.76. The molecule has 16 heteroatoms. The van der Waals surface area contributed by atoms with Gasteiger partial charge >= 0.3 is 11.9 Å². The van der Waals surface area contributed by atoms with Crippen LogP contribution in [0.25, 0.3) is 10.9 Å². The Morgan fingerprint density at radius 3 is 2.54 bits per heavy atom. The van der Waals surface area contributed by atoms with E-state index in [1.165, 1.54) is 0 Å². The van der Waals surface area contributed by atoms with Crippen LogP contribution >= 0.6 is 0 Å². The molecule has 0 aliphatic heterocycles. The number of hydrogen-bond donors (Lipinski definition) is 6. The van der Waals surface area contributed by atoms with Gasteiger partial charge in [-0.15, -0.1) is 16.6 Å². The monoisotopic (exact) mass is 711 g/mol. The first-order chi connectivity index (χ1) is 24.6. The number of carboxylic acid groups (broad SMARTS) is 2. The molecule has 0 saturated heterocycles. The highest BCUT2D eigenvalue weighted by Gasteiger charge is 2.50. The zero-order valence-electron chi connectivity index (χ0n) is 29.3. The number of nitrogens with one attached hydrogen (secondary N) is 4. The molecule has 6 N–H and O–H groups in total. The highest BCUT2D eigenvalue weighted by Crippen LogP contribution is 2.41. The molecule has 1 aliphatic carbocycles. The number of rotatable bonds is 14. The second-order valence-corrected chi connectivity index (χ2v) is 13.9. The third-order valence-electron chi connectivity index (χ3n) is 9.58. The van der Waals surface area contributed by atoms with Crippen LogP contribution in [0, 0.1) is 24.7 Å². The summed E-state index contributed by atoms with van der Waals surface area (Å²) in [6, 6.07) is 9.30. The van der Waals surface area contributed by atoms with Crippen molar-refractivity contribution in [3.8, 4) is 12.3 Å². The van der Waals surface area contributed by atoms with Crippen molar-refractivity contribution < 1.29 is 29.4 Å². The number of benzene rings is 2. The maximum absolute atomic E-state index is 14.3. The molecule has 5 rings (SSSR count). The van der Waals surface area contributed by atoms with Crippen molar-refractivity contribution in [3.05, 3.63) is 75.1 Å². The molecule has 1 aliphatic rings. The zero-order valence-corrected chi connectivity index (χ0v) is 29.3. The molecule has 2 aromatic heterocycles. The van der Waals surface area contributed by atoms with Crippen molar-refractivity contribution in [1.29, 1.82) is 0 Å². The van der Waals surface area contributed by atoms with Gasteiger partial charge in [-0.3, -0.25) is 19.2 Å². The maximum atomic E-state index is 14.3. The molecule has 0 bridgehead atoms. The molecule has 3 atom stereocenters. The summed E-state index contributed by atoms with van der Waals surface area (Å²) in [5, 5.41) is 39.2. The molecule has 2 aromatic carbocycles. The molecule has 0 saturated carbocycles. The van der Waals surface area contributed by atoms with Crippen LogP contribution in [0.2, 0.25) is 0 Å². The molecule has 2 heterocycles. The third kappa shape index (κ3) is 7.63. The second kappa shape index (κ2) is 15.0. The van der Waals surface area contributed by atoms with Gasteiger partial charge in [0.2, 0.25) is 5.91 Å². The fourth-order valence-corrected chi connectivity index (χ4v) is 6.82. The van der Waals surface area contributed by atoms with Gasteiger partial charge in [-0.1, -0.05) is 44.0 Å². The number of aliphatic carboxylic acids is 2. The van der Waals surface area contributed by atoms with Crippen molar-refractivity contribution in [1.82, 2.24) is 41.2 Å². The Bertz CT molecular complexity index is 2100. The van der Waals surface area contributed by atoms with Crippen molar-refractivity contribution in [3.63, 3.8) is 0 Å². The predicted octanol–water partition coefficient (Wildman–Crippen LogP) is 2.97. The highest BCUT2D eigenvalue weighted by molar-refractivity contribution is 6.03. The molecule has 16 nitrogen and oxygen atoms in total. The lowest BCUT2D eigenvalue weighted by molar-refractivity contribution is -0.150. The van der Waals surface area contributed by atoms with Crippen molar-refractivity contribution in [2.45, 2.75) is 83.8 Å². The topological polar surface area (TPSA) is 236 Å². The number of hydrogen-bond acceptors (Lipinski definition) is 10. The standard InChI is InChI=1S/C36H41N9O7/c1-6-17-45(28-13-11-21-18-26-24(19-23(21)28)32(49)38-20(2)37-26)27-10-8-7-9-22(27)33(50)40-36(34(51)52,35(3,4)5)16-15-29(46)39-25(12-14-30(47)48)31-41-43-44-42-31/h1,7-10,18-19,25,28H,11-17H2,2-5H3,(H,39,46)(H,40,50)(H,47,48)(H,51,52)(H,37,38,49)(H,41,42,43,44)/t25-,28?,36+/m1/s1. The highest BCUT2D eigenvalue weighted by atomic mass is 16.4. The molecule has 2 amide bonds. The number of anilines is 1. The molecule has 0 spiro atoms. The normalized spacial score (nSPS) is 15.6. The van der Waals surface area contributed by atoms with Gasteiger partial charge in [0.05, 0.1) is 40.8 Å². The number of H-pyrrole nitrogens is 2. The summed E-state index contributed by atoms with van der Waals surface area (Å²) in [5.74, 6) is -0.432. The van der Waals surface area contributed by atoms with Crippen molar-refractivity contribution in [2.75, 3.05) is 11.4 Å². The summed E-state index contributed by atoms with van der Waals surface area (Å²) < 4.78 is 0. The van der Waals surface area contributed by atoms with E-state index in [9.17, 15) is 29.1 Å². The SMILES string of the molecule is C#CCN(c1ccccc1C(=O)N[C@@](CCC(=O)N[C@H](CCC(=O)O)c1nn[nH]n1)(C(=O)O)C(C)(C)C)C1CCc2cc3nc(C)[nH]c(=O)c3cc21. The van der Waals surface area contributed by atoms with E-state index < -0.39 is 40.7 Å². The minimum Gasteiger partial charge on any atom is -0.481 e. The minimum atomic E-state index is -1.93. The largest absolute Gasteiger partial charge is 0.481 e. The van der Waals surface area contributed by atoms with Crippen molar-refractivity contribution >= 4 is 40.3 Å². The van der Waals surface area contributed by atoms with Crippen LogP contribution in [0.5, 0.6) is 0 Å². The van der Waals surface area contributed by atoms with Crippen LogP contribution in [0.1, 0.15) is 98.1 Å². The first-order valence-corrected chi connectivity index (χ1v) is 16.8. The summed E-state index contributed by atoms with van der Waals surface area (Å²) in [6.07, 6.45) is 6.25. The van der Waals surface area contributed by atoms with Gasteiger partial charge in [-0.2, -0.15) is 5.21 Å². The number of aryl methyl sites for hydroxylation is 2. The van der Waals surface area contributed by atoms with E-state index in [0.717, 1.165) is 11.1 Å². The Kier molecular flexibility index (Phi) is 10.7. The number of para-hydroxylation sites is 1. The van der Waals surface area contributed by atoms with E-state index in [1.54, 1.807) is 52.0 Å². The molecule has 0 fully saturated rings. The van der Waals surface area contributed by atoms with Crippen LogP contribution in [0.3, 0.4) is 0 Å². The number of amides is 2. The summed E-state index contributed by atoms with van der Waals surface area (Å²) in [5.41, 5.74) is -0.146. The number of tetrazole rings is 1. The van der Waals surface area contributed by atoms with Gasteiger partial charge < -0.3 is 30.7 Å². The quantitative estimate of drug-likeness (QED) is 0.104. The smallest absolute Gasteiger partial charge is 0.329 e. The number of carboxylic acids is 2. The van der Waals surface area contributed by atoms with Gasteiger partial charge in [0, 0.05) is 12.8 Å². The Balaban J connectivity index is 1.44. The van der Waals surface area contributed by atoms with Crippen LogP contribution in [0.15, 0.2) is 41.2 Å². The molecular formula is C36H41N9O7. The first-order valence-electron chi connectivity index (χ1n) is 16.8. The van der Waals surface area contributed by atoms with Crippen LogP contribution < -0.4 is 21.1 Å². The lowest BCUT2D eigenvalue weighted by atomic mass is 9.70. The van der Waals surface area contributed by atoms with E-state index in [4.69, 9.17) is 11.5 Å². The lowest BCUT2D eigenvalue weighted by Gasteiger charge is -2.42. The van der Waals surface area contributed by atoms with Gasteiger partial charge in [0.1, 0.15) is 11.4 Å². The van der Waals surface area contributed by atoms with Gasteiger partial charge in [-0.25, -0.2) is 9.78 Å². The second-order valence-electron chi connectivity index (χ2n) is 13.9. The Hall–Kier alpha value is -6.11. The fourth-order valence-electron chi connectivity index (χ4n) is 6.82. The molecule has 0 radical (unpaired) electrons. The number of terminal acetylenes is 1. The van der Waals surface area contributed by atoms with Gasteiger partial charge in [-0.05, 0) is 73.4 Å². The van der Waals surface area contributed by atoms with E-state index in [0.29, 0.717) is 35.3 Å². The first kappa shape index (κ1) is 37.2. The summed E-state index contributed by atoms with van der Waals surface area (Å²) >= 11 is 0. The number of nitrogens with zero attached hydrogens (tertiary/aromatic N) is 5.